The molecule has 1 N–H and O–H groups in total. The molecule has 0 amide bonds. The van der Waals surface area contributed by atoms with Gasteiger partial charge in [0.2, 0.25) is 0 Å². The normalized spacial score (nSPS) is 22.1. The molecule has 1 saturated heterocycles. The summed E-state index contributed by atoms with van der Waals surface area (Å²) >= 11 is 0. The maximum atomic E-state index is 12.4. The molecule has 0 spiro atoms. The highest BCUT2D eigenvalue weighted by Crippen LogP contribution is 2.32. The van der Waals surface area contributed by atoms with Crippen molar-refractivity contribution >= 4 is 17.0 Å². The second-order valence-electron chi connectivity index (χ2n) is 6.54. The van der Waals surface area contributed by atoms with Gasteiger partial charge in [0.25, 0.3) is 0 Å². The molecule has 20 heavy (non-hydrogen) atoms. The Balaban J connectivity index is 2.87. The second kappa shape index (κ2) is 7.00. The number of hydrogen-bond donors (Lipinski definition) is 1. The van der Waals surface area contributed by atoms with Crippen molar-refractivity contribution < 1.29 is 18.5 Å². The van der Waals surface area contributed by atoms with E-state index in [1.54, 1.807) is 0 Å². The van der Waals surface area contributed by atoms with Gasteiger partial charge < -0.3 is 9.47 Å². The van der Waals surface area contributed by atoms with Gasteiger partial charge in [0.1, 0.15) is 0 Å². The van der Waals surface area contributed by atoms with Crippen molar-refractivity contribution in [3.05, 3.63) is 0 Å². The standard InChI is InChI=1S/C14H27NO4S/c1-13(2,3)20(17)15-14(4,10-12(16)18-5)11-6-8-19-9-7-11/h11,15H,6-10H2,1-5H3/t14-,20+/m0/s1. The topological polar surface area (TPSA) is 64.6 Å². The summed E-state index contributed by atoms with van der Waals surface area (Å²) in [5, 5.41) is 0. The monoisotopic (exact) mass is 305 g/mol. The maximum absolute atomic E-state index is 12.4. The molecule has 0 radical (unpaired) electrons. The van der Waals surface area contributed by atoms with Gasteiger partial charge in [-0.25, -0.2) is 8.93 Å². The van der Waals surface area contributed by atoms with Crippen LogP contribution in [-0.2, 0) is 25.3 Å². The van der Waals surface area contributed by atoms with E-state index in [1.165, 1.54) is 7.11 Å². The summed E-state index contributed by atoms with van der Waals surface area (Å²) in [5.74, 6) is -0.0287. The molecule has 6 heteroatoms. The van der Waals surface area contributed by atoms with Gasteiger partial charge in [-0.2, -0.15) is 0 Å². The first kappa shape index (κ1) is 17.6. The predicted molar refractivity (Wildman–Crippen MR) is 79.6 cm³/mol. The van der Waals surface area contributed by atoms with Crippen LogP contribution in [0.2, 0.25) is 0 Å². The average Bonchev–Trinajstić information content (AvgIpc) is 2.38. The Morgan fingerprint density at radius 2 is 1.85 bits per heavy atom. The Morgan fingerprint density at radius 3 is 2.30 bits per heavy atom. The van der Waals surface area contributed by atoms with E-state index in [2.05, 4.69) is 4.72 Å². The van der Waals surface area contributed by atoms with E-state index in [-0.39, 0.29) is 23.1 Å². The molecule has 0 unspecified atom stereocenters. The molecule has 0 aromatic rings. The van der Waals surface area contributed by atoms with Crippen molar-refractivity contribution in [1.29, 1.82) is 0 Å². The van der Waals surface area contributed by atoms with Crippen molar-refractivity contribution in [2.45, 2.75) is 57.2 Å². The number of nitrogens with one attached hydrogen (secondary N) is 1. The zero-order valence-corrected chi connectivity index (χ0v) is 14.0. The van der Waals surface area contributed by atoms with Crippen molar-refractivity contribution in [3.8, 4) is 0 Å². The van der Waals surface area contributed by atoms with Crippen LogP contribution in [0.15, 0.2) is 0 Å². The zero-order chi connectivity index (χ0) is 15.4. The van der Waals surface area contributed by atoms with Crippen molar-refractivity contribution in [3.63, 3.8) is 0 Å². The number of rotatable bonds is 5. The zero-order valence-electron chi connectivity index (χ0n) is 13.2. The van der Waals surface area contributed by atoms with Gasteiger partial charge in [-0.05, 0) is 46.5 Å². The molecule has 0 bridgehead atoms. The summed E-state index contributed by atoms with van der Waals surface area (Å²) < 4.78 is 25.4. The third-order valence-corrected chi connectivity index (χ3v) is 5.51. The number of esters is 1. The van der Waals surface area contributed by atoms with Crippen LogP contribution in [-0.4, -0.2) is 40.8 Å². The maximum Gasteiger partial charge on any atom is 0.307 e. The third-order valence-electron chi connectivity index (χ3n) is 3.74. The SMILES string of the molecule is COC(=O)C[C@](C)(N[S@](=O)C(C)(C)C)C1CCOCC1. The van der Waals surface area contributed by atoms with E-state index in [4.69, 9.17) is 9.47 Å². The number of hydrogen-bond acceptors (Lipinski definition) is 4. The predicted octanol–water partition coefficient (Wildman–Crippen LogP) is 1.79. The summed E-state index contributed by atoms with van der Waals surface area (Å²) in [7, 11) is 0.157. The summed E-state index contributed by atoms with van der Waals surface area (Å²) in [6.07, 6.45) is 1.94. The van der Waals surface area contributed by atoms with Crippen molar-refractivity contribution in [2.24, 2.45) is 5.92 Å². The Morgan fingerprint density at radius 1 is 1.30 bits per heavy atom. The Kier molecular flexibility index (Phi) is 6.16. The molecule has 1 heterocycles. The Hall–Kier alpha value is -0.460. The molecule has 0 saturated carbocycles. The Labute approximate surface area is 124 Å². The van der Waals surface area contributed by atoms with Gasteiger partial charge >= 0.3 is 5.97 Å². The van der Waals surface area contributed by atoms with E-state index in [9.17, 15) is 9.00 Å². The smallest absolute Gasteiger partial charge is 0.307 e. The van der Waals surface area contributed by atoms with E-state index in [0.29, 0.717) is 13.2 Å². The van der Waals surface area contributed by atoms with Crippen molar-refractivity contribution in [2.75, 3.05) is 20.3 Å². The minimum atomic E-state index is -1.23. The van der Waals surface area contributed by atoms with E-state index >= 15 is 0 Å². The first-order valence-electron chi connectivity index (χ1n) is 7.03. The summed E-state index contributed by atoms with van der Waals surface area (Å²) in [5.41, 5.74) is -0.533. The number of carbonyl (C=O) groups excluding carboxylic acids is 1. The average molecular weight is 305 g/mol. The lowest BCUT2D eigenvalue weighted by atomic mass is 9.79. The van der Waals surface area contributed by atoms with Crippen LogP contribution >= 0.6 is 0 Å². The fourth-order valence-electron chi connectivity index (χ4n) is 2.34. The first-order valence-corrected chi connectivity index (χ1v) is 8.18. The summed E-state index contributed by atoms with van der Waals surface area (Å²) in [6.45, 7) is 9.08. The molecule has 5 nitrogen and oxygen atoms in total. The molecule has 0 aromatic heterocycles. The quantitative estimate of drug-likeness (QED) is 0.787. The van der Waals surface area contributed by atoms with E-state index in [0.717, 1.165) is 12.8 Å². The van der Waals surface area contributed by atoms with Crippen LogP contribution in [0.4, 0.5) is 0 Å². The van der Waals surface area contributed by atoms with Gasteiger partial charge in [0, 0.05) is 18.8 Å². The second-order valence-corrected chi connectivity index (χ2v) is 8.51. The molecule has 0 aliphatic carbocycles. The van der Waals surface area contributed by atoms with Crippen LogP contribution in [0.5, 0.6) is 0 Å². The molecule has 1 rings (SSSR count). The van der Waals surface area contributed by atoms with Crippen LogP contribution in [0.3, 0.4) is 0 Å². The highest BCUT2D eigenvalue weighted by Gasteiger charge is 2.40. The van der Waals surface area contributed by atoms with Gasteiger partial charge in [0.15, 0.2) is 0 Å². The van der Waals surface area contributed by atoms with Gasteiger partial charge in [-0.3, -0.25) is 4.79 Å². The highest BCUT2D eigenvalue weighted by molar-refractivity contribution is 7.84. The van der Waals surface area contributed by atoms with E-state index in [1.807, 2.05) is 27.7 Å². The lowest BCUT2D eigenvalue weighted by Crippen LogP contribution is -2.55. The molecule has 1 fully saturated rings. The minimum Gasteiger partial charge on any atom is -0.469 e. The molecular weight excluding hydrogens is 278 g/mol. The van der Waals surface area contributed by atoms with Crippen LogP contribution in [0.1, 0.15) is 47.0 Å². The highest BCUT2D eigenvalue weighted by atomic mass is 32.2. The van der Waals surface area contributed by atoms with Gasteiger partial charge in [-0.1, -0.05) is 0 Å². The summed E-state index contributed by atoms with van der Waals surface area (Å²) in [4.78, 5) is 11.7. The van der Waals surface area contributed by atoms with Crippen LogP contribution in [0, 0.1) is 5.92 Å². The molecule has 1 aliphatic rings. The number of carbonyl (C=O) groups is 1. The molecule has 1 aliphatic heterocycles. The molecule has 118 valence electrons. The third kappa shape index (κ3) is 4.82. The van der Waals surface area contributed by atoms with Gasteiger partial charge in [-0.15, -0.1) is 0 Å². The lowest BCUT2D eigenvalue weighted by Gasteiger charge is -2.40. The fourth-order valence-corrected chi connectivity index (χ4v) is 3.30. The fraction of sp³-hybridized carbons (Fsp3) is 0.929. The van der Waals surface area contributed by atoms with Gasteiger partial charge in [0.05, 0.1) is 29.3 Å². The molecule has 2 atom stereocenters. The van der Waals surface area contributed by atoms with Crippen molar-refractivity contribution in [1.82, 2.24) is 4.72 Å². The summed E-state index contributed by atoms with van der Waals surface area (Å²) in [6, 6.07) is 0. The largest absolute Gasteiger partial charge is 0.469 e. The number of methoxy groups -OCH3 is 1. The first-order chi connectivity index (χ1) is 9.19. The van der Waals surface area contributed by atoms with Crippen LogP contribution in [0.25, 0.3) is 0 Å². The Bertz CT molecular complexity index is 361. The lowest BCUT2D eigenvalue weighted by molar-refractivity contribution is -0.143. The van der Waals surface area contributed by atoms with E-state index < -0.39 is 16.5 Å². The molecule has 0 aromatic carbocycles. The minimum absolute atomic E-state index is 0.218. The molecular formula is C14H27NO4S. The van der Waals surface area contributed by atoms with Crippen LogP contribution < -0.4 is 4.72 Å². The number of ether oxygens (including phenoxy) is 2.